The maximum absolute atomic E-state index is 12.6. The lowest BCUT2D eigenvalue weighted by Crippen LogP contribution is -2.02. The molecule has 0 fully saturated rings. The monoisotopic (exact) mass is 312 g/mol. The van der Waals surface area contributed by atoms with E-state index in [9.17, 15) is 30.3 Å². The van der Waals surface area contributed by atoms with Crippen molar-refractivity contribution in [2.75, 3.05) is 0 Å². The van der Waals surface area contributed by atoms with E-state index in [1.165, 1.54) is 36.4 Å². The summed E-state index contributed by atoms with van der Waals surface area (Å²) in [5.74, 6) is -2.28. The Kier molecular flexibility index (Phi) is 3.22. The van der Waals surface area contributed by atoms with E-state index in [0.717, 1.165) is 6.07 Å². The van der Waals surface area contributed by atoms with Crippen LogP contribution in [0.25, 0.3) is 10.8 Å². The fourth-order valence-electron chi connectivity index (χ4n) is 2.38. The van der Waals surface area contributed by atoms with Gasteiger partial charge < -0.3 is 25.5 Å². The molecule has 23 heavy (non-hydrogen) atoms. The number of carbonyl (C=O) groups is 1. The van der Waals surface area contributed by atoms with Crippen LogP contribution in [-0.4, -0.2) is 31.3 Å². The molecule has 6 nitrogen and oxygen atoms in total. The molecule has 3 rings (SSSR count). The summed E-state index contributed by atoms with van der Waals surface area (Å²) >= 11 is 0. The molecule has 0 saturated carbocycles. The highest BCUT2D eigenvalue weighted by molar-refractivity contribution is 6.17. The fraction of sp³-hybridized carbons (Fsp3) is 0. The Bertz CT molecular complexity index is 945. The summed E-state index contributed by atoms with van der Waals surface area (Å²) in [7, 11) is 0. The topological polar surface area (TPSA) is 118 Å². The van der Waals surface area contributed by atoms with Crippen LogP contribution in [0.2, 0.25) is 0 Å². The zero-order valence-corrected chi connectivity index (χ0v) is 11.7. The number of rotatable bonds is 2. The van der Waals surface area contributed by atoms with Crippen LogP contribution in [0.15, 0.2) is 42.5 Å². The van der Waals surface area contributed by atoms with Gasteiger partial charge in [0.2, 0.25) is 0 Å². The normalized spacial score (nSPS) is 10.8. The van der Waals surface area contributed by atoms with Crippen LogP contribution in [0.4, 0.5) is 0 Å². The largest absolute Gasteiger partial charge is 0.508 e. The first-order valence-electron chi connectivity index (χ1n) is 6.62. The summed E-state index contributed by atoms with van der Waals surface area (Å²) < 4.78 is 0. The van der Waals surface area contributed by atoms with Gasteiger partial charge in [-0.2, -0.15) is 0 Å². The zero-order chi connectivity index (χ0) is 16.7. The molecular formula is C17H12O6. The van der Waals surface area contributed by atoms with Crippen LogP contribution < -0.4 is 0 Å². The Morgan fingerprint density at radius 3 is 2.04 bits per heavy atom. The summed E-state index contributed by atoms with van der Waals surface area (Å²) in [6.45, 7) is 0. The van der Waals surface area contributed by atoms with E-state index in [1.54, 1.807) is 0 Å². The minimum Gasteiger partial charge on any atom is -0.508 e. The van der Waals surface area contributed by atoms with E-state index in [1.807, 2.05) is 0 Å². The second kappa shape index (κ2) is 5.10. The summed E-state index contributed by atoms with van der Waals surface area (Å²) in [5.41, 5.74) is 0.181. The third-order valence-electron chi connectivity index (χ3n) is 3.51. The van der Waals surface area contributed by atoms with E-state index in [2.05, 4.69) is 0 Å². The van der Waals surface area contributed by atoms with Crippen molar-refractivity contribution in [2.24, 2.45) is 0 Å². The summed E-state index contributed by atoms with van der Waals surface area (Å²) in [5, 5.41) is 48.5. The summed E-state index contributed by atoms with van der Waals surface area (Å²) in [6.07, 6.45) is 0. The zero-order valence-electron chi connectivity index (χ0n) is 11.7. The van der Waals surface area contributed by atoms with Crippen molar-refractivity contribution >= 4 is 16.6 Å². The summed E-state index contributed by atoms with van der Waals surface area (Å²) in [6, 6.07) is 8.63. The summed E-state index contributed by atoms with van der Waals surface area (Å²) in [4.78, 5) is 12.6. The molecule has 0 bridgehead atoms. The highest BCUT2D eigenvalue weighted by Crippen LogP contribution is 2.35. The van der Waals surface area contributed by atoms with Gasteiger partial charge in [-0.05, 0) is 53.2 Å². The van der Waals surface area contributed by atoms with Crippen LogP contribution in [-0.2, 0) is 0 Å². The van der Waals surface area contributed by atoms with Gasteiger partial charge in [-0.25, -0.2) is 0 Å². The van der Waals surface area contributed by atoms with Gasteiger partial charge >= 0.3 is 0 Å². The number of phenolic OH excluding ortho intramolecular Hbond substituents is 5. The molecule has 116 valence electrons. The number of fused-ring (bicyclic) bond motifs is 1. The van der Waals surface area contributed by atoms with Crippen LogP contribution in [0.5, 0.6) is 28.7 Å². The SMILES string of the molecule is O=C(c1ccc(O)c(O)c1)c1cc(O)cc2cc(O)c(O)cc12. The number of aromatic hydroxyl groups is 5. The number of ketones is 1. The molecule has 0 aliphatic carbocycles. The number of hydrogen-bond acceptors (Lipinski definition) is 6. The van der Waals surface area contributed by atoms with Gasteiger partial charge in [0.05, 0.1) is 0 Å². The molecule has 0 atom stereocenters. The highest BCUT2D eigenvalue weighted by atomic mass is 16.3. The van der Waals surface area contributed by atoms with Crippen molar-refractivity contribution in [3.63, 3.8) is 0 Å². The quantitative estimate of drug-likeness (QED) is 0.367. The van der Waals surface area contributed by atoms with Gasteiger partial charge in [0, 0.05) is 11.1 Å². The predicted octanol–water partition coefficient (Wildman–Crippen LogP) is 2.60. The molecule has 0 aliphatic heterocycles. The van der Waals surface area contributed by atoms with Gasteiger partial charge in [-0.3, -0.25) is 4.79 Å². The van der Waals surface area contributed by atoms with Gasteiger partial charge in [0.25, 0.3) is 0 Å². The van der Waals surface area contributed by atoms with E-state index < -0.39 is 17.3 Å². The minimum absolute atomic E-state index is 0.0837. The lowest BCUT2D eigenvalue weighted by molar-refractivity contribution is 0.103. The second-order valence-electron chi connectivity index (χ2n) is 5.09. The van der Waals surface area contributed by atoms with E-state index in [0.29, 0.717) is 10.8 Å². The highest BCUT2D eigenvalue weighted by Gasteiger charge is 2.17. The molecule has 0 heterocycles. The first-order valence-corrected chi connectivity index (χ1v) is 6.62. The molecule has 0 aliphatic rings. The molecule has 0 aromatic heterocycles. The Morgan fingerprint density at radius 2 is 1.35 bits per heavy atom. The van der Waals surface area contributed by atoms with Crippen LogP contribution >= 0.6 is 0 Å². The maximum atomic E-state index is 12.6. The van der Waals surface area contributed by atoms with Gasteiger partial charge in [-0.1, -0.05) is 0 Å². The molecule has 0 radical (unpaired) electrons. The maximum Gasteiger partial charge on any atom is 0.193 e. The Hall–Kier alpha value is -3.41. The van der Waals surface area contributed by atoms with Crippen molar-refractivity contribution in [2.45, 2.75) is 0 Å². The minimum atomic E-state index is -0.522. The number of hydrogen-bond donors (Lipinski definition) is 5. The predicted molar refractivity (Wildman–Crippen MR) is 82.1 cm³/mol. The van der Waals surface area contributed by atoms with E-state index in [-0.39, 0.29) is 28.4 Å². The van der Waals surface area contributed by atoms with Crippen molar-refractivity contribution < 1.29 is 30.3 Å². The lowest BCUT2D eigenvalue weighted by atomic mass is 9.96. The smallest absolute Gasteiger partial charge is 0.193 e. The number of benzene rings is 3. The molecule has 0 unspecified atom stereocenters. The lowest BCUT2D eigenvalue weighted by Gasteiger charge is -2.09. The Morgan fingerprint density at radius 1 is 0.696 bits per heavy atom. The Balaban J connectivity index is 2.23. The third kappa shape index (κ3) is 2.46. The van der Waals surface area contributed by atoms with Crippen molar-refractivity contribution in [3.05, 3.63) is 53.6 Å². The average Bonchev–Trinajstić information content (AvgIpc) is 2.50. The van der Waals surface area contributed by atoms with Crippen LogP contribution in [0.1, 0.15) is 15.9 Å². The number of phenols is 5. The first-order chi connectivity index (χ1) is 10.9. The average molecular weight is 312 g/mol. The first kappa shape index (κ1) is 14.5. The molecule has 5 N–H and O–H groups in total. The molecule has 3 aromatic carbocycles. The molecule has 0 saturated heterocycles. The Labute approximate surface area is 130 Å². The van der Waals surface area contributed by atoms with E-state index >= 15 is 0 Å². The van der Waals surface area contributed by atoms with Crippen molar-refractivity contribution in [1.29, 1.82) is 0 Å². The fourth-order valence-corrected chi connectivity index (χ4v) is 2.38. The van der Waals surface area contributed by atoms with E-state index in [4.69, 9.17) is 0 Å². The molecule has 0 amide bonds. The molecule has 6 heteroatoms. The standard InChI is InChI=1S/C17H12O6/c18-10-3-9-5-15(21)16(22)7-11(9)12(6-10)17(23)8-1-2-13(19)14(20)4-8/h1-7,18-22H. The van der Waals surface area contributed by atoms with Crippen molar-refractivity contribution in [1.82, 2.24) is 0 Å². The van der Waals surface area contributed by atoms with Gasteiger partial charge in [0.1, 0.15) is 5.75 Å². The number of carbonyl (C=O) groups excluding carboxylic acids is 1. The molecular weight excluding hydrogens is 300 g/mol. The van der Waals surface area contributed by atoms with Crippen LogP contribution in [0.3, 0.4) is 0 Å². The third-order valence-corrected chi connectivity index (χ3v) is 3.51. The second-order valence-corrected chi connectivity index (χ2v) is 5.09. The van der Waals surface area contributed by atoms with Gasteiger partial charge in [-0.15, -0.1) is 0 Å². The molecule has 0 spiro atoms. The van der Waals surface area contributed by atoms with Crippen molar-refractivity contribution in [3.8, 4) is 28.7 Å². The molecule has 3 aromatic rings. The van der Waals surface area contributed by atoms with Gasteiger partial charge in [0.15, 0.2) is 28.8 Å². The van der Waals surface area contributed by atoms with Crippen LogP contribution in [0, 0.1) is 0 Å².